The first-order chi connectivity index (χ1) is 19.2. The third-order valence-electron chi connectivity index (χ3n) is 7.59. The van der Waals surface area contributed by atoms with Gasteiger partial charge in [-0.05, 0) is 56.4 Å². The summed E-state index contributed by atoms with van der Waals surface area (Å²) >= 11 is 7.30. The van der Waals surface area contributed by atoms with E-state index in [9.17, 15) is 9.59 Å². The van der Waals surface area contributed by atoms with Gasteiger partial charge in [0.25, 0.3) is 11.5 Å². The molecule has 1 aliphatic carbocycles. The lowest BCUT2D eigenvalue weighted by Crippen LogP contribution is -2.29. The van der Waals surface area contributed by atoms with Gasteiger partial charge in [-0.1, -0.05) is 29.6 Å². The number of carbonyl (C=O) groups is 1. The Labute approximate surface area is 241 Å². The Morgan fingerprint density at radius 1 is 1.23 bits per heavy atom. The summed E-state index contributed by atoms with van der Waals surface area (Å²) in [5, 5.41) is 8.81. The highest BCUT2D eigenvalue weighted by molar-refractivity contribution is 7.97. The predicted molar refractivity (Wildman–Crippen MR) is 159 cm³/mol. The van der Waals surface area contributed by atoms with Crippen molar-refractivity contribution in [2.24, 2.45) is 13.0 Å². The van der Waals surface area contributed by atoms with Gasteiger partial charge in [0, 0.05) is 37.5 Å². The van der Waals surface area contributed by atoms with Gasteiger partial charge >= 0.3 is 0 Å². The maximum absolute atomic E-state index is 13.7. The molecule has 0 saturated heterocycles. The number of halogens is 1. The predicted octanol–water partition coefficient (Wildman–Crippen LogP) is 4.60. The number of anilines is 2. The first-order valence-corrected chi connectivity index (χ1v) is 14.9. The van der Waals surface area contributed by atoms with Gasteiger partial charge in [0.2, 0.25) is 5.95 Å². The van der Waals surface area contributed by atoms with Crippen LogP contribution in [0.15, 0.2) is 35.3 Å². The fourth-order valence-electron chi connectivity index (χ4n) is 5.38. The number of hydrogen-bond donors (Lipinski definition) is 2. The van der Waals surface area contributed by atoms with Gasteiger partial charge in [-0.15, -0.1) is 0 Å². The lowest BCUT2D eigenvalue weighted by molar-refractivity contribution is 0.0980. The SMILES string of the molecule is CSNC(=O)c1nc(Cl)ccc1NC(C)c1cc(C)cc2c(=O)n(C)c(N3Cc4cnn(CC5CC5)c4C3)nc12. The van der Waals surface area contributed by atoms with Crippen LogP contribution in [0, 0.1) is 12.8 Å². The van der Waals surface area contributed by atoms with E-state index >= 15 is 0 Å². The van der Waals surface area contributed by atoms with Crippen molar-refractivity contribution in [3.63, 3.8) is 0 Å². The molecule has 1 amide bonds. The summed E-state index contributed by atoms with van der Waals surface area (Å²) < 4.78 is 6.47. The van der Waals surface area contributed by atoms with Crippen LogP contribution in [0.2, 0.25) is 5.15 Å². The average molecular weight is 579 g/mol. The van der Waals surface area contributed by atoms with E-state index in [0.717, 1.165) is 23.6 Å². The van der Waals surface area contributed by atoms with Crippen LogP contribution in [0.1, 0.15) is 58.7 Å². The second kappa shape index (κ2) is 10.4. The highest BCUT2D eigenvalue weighted by Crippen LogP contribution is 2.34. The number of aromatic nitrogens is 5. The molecule has 208 valence electrons. The second-order valence-corrected chi connectivity index (χ2v) is 11.7. The molecule has 0 spiro atoms. The third-order valence-corrected chi connectivity index (χ3v) is 8.19. The Kier molecular flexibility index (Phi) is 6.95. The number of pyridine rings is 1. The number of nitrogens with zero attached hydrogens (tertiary/aromatic N) is 6. The molecule has 12 heteroatoms. The average Bonchev–Trinajstić information content (AvgIpc) is 3.53. The fourth-order valence-corrected chi connectivity index (χ4v) is 5.81. The van der Waals surface area contributed by atoms with E-state index < -0.39 is 0 Å². The zero-order valence-corrected chi connectivity index (χ0v) is 24.4. The minimum atomic E-state index is -0.345. The minimum absolute atomic E-state index is 0.0964. The molecule has 0 radical (unpaired) electrons. The first kappa shape index (κ1) is 26.6. The standard InChI is InChI=1S/C28H31ClN8O2S/c1-15-9-19(16(2)31-21-7-8-23(29)32-25(21)26(38)34-40-4)24-20(10-15)27(39)35(3)28(33-24)36-13-18-11-30-37(22(18)14-36)12-17-5-6-17/h7-11,16-17,31H,5-6,12-14H2,1-4H3,(H,34,38). The Bertz CT molecular complexity index is 1700. The zero-order chi connectivity index (χ0) is 28.1. The van der Waals surface area contributed by atoms with E-state index in [4.69, 9.17) is 16.6 Å². The van der Waals surface area contributed by atoms with Gasteiger partial charge in [0.15, 0.2) is 5.69 Å². The second-order valence-electron chi connectivity index (χ2n) is 10.7. The van der Waals surface area contributed by atoms with Crippen molar-refractivity contribution >= 4 is 52.0 Å². The number of rotatable bonds is 8. The van der Waals surface area contributed by atoms with Crippen LogP contribution in [0.3, 0.4) is 0 Å². The molecule has 0 bridgehead atoms. The highest BCUT2D eigenvalue weighted by Gasteiger charge is 2.30. The maximum atomic E-state index is 13.7. The van der Waals surface area contributed by atoms with E-state index in [1.165, 1.54) is 36.0 Å². The lowest BCUT2D eigenvalue weighted by Gasteiger charge is -2.23. The van der Waals surface area contributed by atoms with Crippen molar-refractivity contribution in [3.05, 3.63) is 74.0 Å². The minimum Gasteiger partial charge on any atom is -0.377 e. The van der Waals surface area contributed by atoms with Crippen molar-refractivity contribution in [2.75, 3.05) is 16.5 Å². The van der Waals surface area contributed by atoms with E-state index in [-0.39, 0.29) is 28.4 Å². The van der Waals surface area contributed by atoms with Gasteiger partial charge in [-0.25, -0.2) is 9.97 Å². The van der Waals surface area contributed by atoms with Crippen molar-refractivity contribution in [3.8, 4) is 0 Å². The summed E-state index contributed by atoms with van der Waals surface area (Å²) in [6.45, 7) is 6.22. The van der Waals surface area contributed by atoms with Crippen LogP contribution in [-0.4, -0.2) is 36.5 Å². The topological polar surface area (TPSA) is 110 Å². The molecule has 2 aliphatic rings. The van der Waals surface area contributed by atoms with Crippen molar-refractivity contribution in [2.45, 2.75) is 52.4 Å². The monoisotopic (exact) mass is 578 g/mol. The Morgan fingerprint density at radius 2 is 2.02 bits per heavy atom. The largest absolute Gasteiger partial charge is 0.377 e. The molecule has 3 aromatic heterocycles. The van der Waals surface area contributed by atoms with Crippen LogP contribution < -0.4 is 20.5 Å². The van der Waals surface area contributed by atoms with Crippen LogP contribution in [0.25, 0.3) is 10.9 Å². The molecule has 2 N–H and O–H groups in total. The summed E-state index contributed by atoms with van der Waals surface area (Å²) in [4.78, 5) is 37.8. The summed E-state index contributed by atoms with van der Waals surface area (Å²) in [5.41, 5.74) is 5.47. The van der Waals surface area contributed by atoms with Crippen molar-refractivity contribution < 1.29 is 4.79 Å². The lowest BCUT2D eigenvalue weighted by atomic mass is 10.0. The molecular weight excluding hydrogens is 548 g/mol. The zero-order valence-electron chi connectivity index (χ0n) is 22.9. The molecule has 4 heterocycles. The molecular formula is C28H31ClN8O2S. The number of fused-ring (bicyclic) bond motifs is 2. The van der Waals surface area contributed by atoms with E-state index in [2.05, 4.69) is 29.7 Å². The van der Waals surface area contributed by atoms with Crippen LogP contribution in [0.5, 0.6) is 0 Å². The number of benzene rings is 1. The maximum Gasteiger partial charge on any atom is 0.281 e. The van der Waals surface area contributed by atoms with Gasteiger partial charge in [-0.3, -0.25) is 23.6 Å². The molecule has 1 fully saturated rings. The van der Waals surface area contributed by atoms with E-state index in [1.807, 2.05) is 32.2 Å². The molecule has 10 nitrogen and oxygen atoms in total. The fraction of sp³-hybridized carbons (Fsp3) is 0.393. The number of carbonyl (C=O) groups excluding carboxylic acids is 1. The summed E-state index contributed by atoms with van der Waals surface area (Å²) in [7, 11) is 1.78. The summed E-state index contributed by atoms with van der Waals surface area (Å²) in [5.74, 6) is 1.00. The van der Waals surface area contributed by atoms with Crippen molar-refractivity contribution in [1.82, 2.24) is 29.0 Å². The smallest absolute Gasteiger partial charge is 0.281 e. The van der Waals surface area contributed by atoms with Crippen LogP contribution in [0.4, 0.5) is 11.6 Å². The van der Waals surface area contributed by atoms with Crippen LogP contribution >= 0.6 is 23.5 Å². The van der Waals surface area contributed by atoms with Crippen LogP contribution in [-0.2, 0) is 26.7 Å². The molecule has 4 aromatic rings. The molecule has 1 saturated carbocycles. The number of aryl methyl sites for hydroxylation is 1. The summed E-state index contributed by atoms with van der Waals surface area (Å²) in [6, 6.07) is 7.01. The molecule has 1 unspecified atom stereocenters. The Hall–Kier alpha value is -3.57. The third kappa shape index (κ3) is 4.92. The number of amides is 1. The quantitative estimate of drug-likeness (QED) is 0.231. The number of hydrogen-bond acceptors (Lipinski definition) is 8. The normalized spacial score (nSPS) is 15.4. The van der Waals surface area contributed by atoms with Gasteiger partial charge in [-0.2, -0.15) is 5.10 Å². The first-order valence-electron chi connectivity index (χ1n) is 13.3. The summed E-state index contributed by atoms with van der Waals surface area (Å²) in [6.07, 6.45) is 6.25. The molecule has 6 rings (SSSR count). The molecule has 40 heavy (non-hydrogen) atoms. The molecule has 1 aromatic carbocycles. The highest BCUT2D eigenvalue weighted by atomic mass is 35.5. The Morgan fingerprint density at radius 3 is 2.77 bits per heavy atom. The van der Waals surface area contributed by atoms with Gasteiger partial charge < -0.3 is 10.2 Å². The van der Waals surface area contributed by atoms with Gasteiger partial charge in [0.1, 0.15) is 5.15 Å². The van der Waals surface area contributed by atoms with E-state index in [0.29, 0.717) is 35.6 Å². The molecule has 1 atom stereocenters. The van der Waals surface area contributed by atoms with Gasteiger partial charge in [0.05, 0.1) is 41.1 Å². The number of nitrogens with one attached hydrogen (secondary N) is 2. The van der Waals surface area contributed by atoms with Crippen molar-refractivity contribution in [1.29, 1.82) is 0 Å². The van der Waals surface area contributed by atoms with E-state index in [1.54, 1.807) is 30.0 Å². The molecule has 1 aliphatic heterocycles. The Balaban J connectivity index is 1.37.